The summed E-state index contributed by atoms with van der Waals surface area (Å²) in [5.41, 5.74) is 5.62. The summed E-state index contributed by atoms with van der Waals surface area (Å²) < 4.78 is 10.9. The number of hydrogen-bond donors (Lipinski definition) is 1. The van der Waals surface area contributed by atoms with Crippen molar-refractivity contribution in [3.05, 3.63) is 18.3 Å². The van der Waals surface area contributed by atoms with Gasteiger partial charge in [0.05, 0.1) is 25.0 Å². The summed E-state index contributed by atoms with van der Waals surface area (Å²) in [7, 11) is 0. The van der Waals surface area contributed by atoms with Crippen molar-refractivity contribution in [3.63, 3.8) is 0 Å². The van der Waals surface area contributed by atoms with Gasteiger partial charge in [0.2, 0.25) is 0 Å². The Bertz CT molecular complexity index is 628. The number of nitrogens with zero attached hydrogens (tertiary/aromatic N) is 3. The van der Waals surface area contributed by atoms with Crippen LogP contribution in [0.5, 0.6) is 0 Å². The zero-order valence-electron chi connectivity index (χ0n) is 17.9. The van der Waals surface area contributed by atoms with E-state index in [-0.39, 0.29) is 0 Å². The van der Waals surface area contributed by atoms with Crippen LogP contribution in [0.2, 0.25) is 0 Å². The van der Waals surface area contributed by atoms with E-state index in [1.165, 1.54) is 11.1 Å². The van der Waals surface area contributed by atoms with Crippen LogP contribution in [0.25, 0.3) is 0 Å². The molecule has 28 heavy (non-hydrogen) atoms. The summed E-state index contributed by atoms with van der Waals surface area (Å²) in [6.45, 7) is 12.7. The number of amides is 2. The molecule has 1 aromatic rings. The summed E-state index contributed by atoms with van der Waals surface area (Å²) >= 11 is 0. The van der Waals surface area contributed by atoms with E-state index in [0.29, 0.717) is 31.1 Å². The lowest BCUT2D eigenvalue weighted by atomic mass is 10.2. The van der Waals surface area contributed by atoms with E-state index in [4.69, 9.17) is 15.2 Å². The molecule has 0 spiro atoms. The molecule has 0 saturated carbocycles. The predicted molar refractivity (Wildman–Crippen MR) is 110 cm³/mol. The zero-order chi connectivity index (χ0) is 21.3. The maximum absolute atomic E-state index is 12.4. The van der Waals surface area contributed by atoms with Crippen molar-refractivity contribution < 1.29 is 19.1 Å². The highest BCUT2D eigenvalue weighted by atomic mass is 16.6. The molecule has 0 aromatic carbocycles. The van der Waals surface area contributed by atoms with Gasteiger partial charge >= 0.3 is 12.2 Å². The molecule has 1 aliphatic heterocycles. The van der Waals surface area contributed by atoms with E-state index in [1.54, 1.807) is 17.0 Å². The highest BCUT2D eigenvalue weighted by Gasteiger charge is 2.35. The molecule has 158 valence electrons. The molecule has 1 atom stereocenters. The maximum Gasteiger partial charge on any atom is 0.414 e. The molecule has 2 N–H and O–H groups in total. The van der Waals surface area contributed by atoms with Gasteiger partial charge in [-0.25, -0.2) is 14.6 Å². The summed E-state index contributed by atoms with van der Waals surface area (Å²) in [6, 6.07) is 3.35. The van der Waals surface area contributed by atoms with Crippen molar-refractivity contribution in [2.24, 2.45) is 0 Å². The fourth-order valence-corrected chi connectivity index (χ4v) is 2.56. The molecule has 0 aliphatic carbocycles. The third-order valence-corrected chi connectivity index (χ3v) is 3.81. The Morgan fingerprint density at radius 2 is 2.07 bits per heavy atom. The Kier molecular flexibility index (Phi) is 9.02. The third kappa shape index (κ3) is 7.25. The van der Waals surface area contributed by atoms with E-state index in [1.807, 2.05) is 34.6 Å². The number of nitrogen functional groups attached to an aromatic ring is 1. The van der Waals surface area contributed by atoms with E-state index in [0.717, 1.165) is 12.8 Å². The summed E-state index contributed by atoms with van der Waals surface area (Å²) in [5.74, 6) is 0.383. The molecule has 2 rings (SSSR count). The Labute approximate surface area is 168 Å². The summed E-state index contributed by atoms with van der Waals surface area (Å²) in [6.07, 6.45) is 2.06. The standard InChI is InChI=1S/C18H28N4O4.C2H6/c1-5-6-9-21(16(23)26-18(2,3)4)11-14-12-22(17(24)25-14)13-7-8-15(19)20-10-13;1-2/h7-8,10,14H,5-6,9,11-12H2,1-4H3,(H2,19,20);1-2H3. The summed E-state index contributed by atoms with van der Waals surface area (Å²) in [5, 5.41) is 0. The van der Waals surface area contributed by atoms with E-state index < -0.39 is 23.9 Å². The van der Waals surface area contributed by atoms with Crippen molar-refractivity contribution in [3.8, 4) is 0 Å². The Balaban J connectivity index is 0.00000190. The average molecular weight is 395 g/mol. The number of nitrogens with two attached hydrogens (primary N) is 1. The Hall–Kier alpha value is -2.51. The number of anilines is 2. The second-order valence-corrected chi connectivity index (χ2v) is 7.34. The van der Waals surface area contributed by atoms with Gasteiger partial charge in [-0.15, -0.1) is 0 Å². The smallest absolute Gasteiger partial charge is 0.414 e. The molecule has 1 aliphatic rings. The molecule has 2 heterocycles. The first kappa shape index (κ1) is 23.5. The number of carbonyl (C=O) groups is 2. The number of rotatable bonds is 6. The van der Waals surface area contributed by atoms with Crippen LogP contribution in [0, 0.1) is 0 Å². The molecule has 8 heteroatoms. The lowest BCUT2D eigenvalue weighted by molar-refractivity contribution is 0.0162. The van der Waals surface area contributed by atoms with Crippen LogP contribution < -0.4 is 10.6 Å². The first-order chi connectivity index (χ1) is 13.2. The number of cyclic esters (lactones) is 1. The predicted octanol–water partition coefficient (Wildman–Crippen LogP) is 4.05. The highest BCUT2D eigenvalue weighted by molar-refractivity contribution is 5.89. The average Bonchev–Trinajstić information content (AvgIpc) is 3.00. The number of unbranched alkanes of at least 4 members (excludes halogenated alkanes) is 1. The molecule has 0 radical (unpaired) electrons. The molecule has 1 unspecified atom stereocenters. The van der Waals surface area contributed by atoms with Crippen molar-refractivity contribution in [1.82, 2.24) is 9.88 Å². The van der Waals surface area contributed by atoms with Crippen molar-refractivity contribution >= 4 is 23.7 Å². The number of pyridine rings is 1. The second kappa shape index (κ2) is 10.7. The van der Waals surface area contributed by atoms with Gasteiger partial charge in [0.1, 0.15) is 17.5 Å². The first-order valence-electron chi connectivity index (χ1n) is 9.87. The van der Waals surface area contributed by atoms with Crippen LogP contribution >= 0.6 is 0 Å². The van der Waals surface area contributed by atoms with Crippen LogP contribution in [0.1, 0.15) is 54.4 Å². The van der Waals surface area contributed by atoms with Crippen LogP contribution in [-0.2, 0) is 9.47 Å². The Morgan fingerprint density at radius 3 is 2.61 bits per heavy atom. The molecular formula is C20H34N4O4. The van der Waals surface area contributed by atoms with Gasteiger partial charge in [-0.3, -0.25) is 4.90 Å². The SMILES string of the molecule is CC.CCCCN(CC1CN(c2ccc(N)nc2)C(=O)O1)C(=O)OC(C)(C)C. The molecule has 8 nitrogen and oxygen atoms in total. The second-order valence-electron chi connectivity index (χ2n) is 7.34. The monoisotopic (exact) mass is 394 g/mol. The first-order valence-corrected chi connectivity index (χ1v) is 9.87. The molecule has 1 fully saturated rings. The minimum Gasteiger partial charge on any atom is -0.444 e. The van der Waals surface area contributed by atoms with Crippen LogP contribution in [0.4, 0.5) is 21.1 Å². The van der Waals surface area contributed by atoms with E-state index >= 15 is 0 Å². The molecule has 1 aromatic heterocycles. The highest BCUT2D eigenvalue weighted by Crippen LogP contribution is 2.22. The van der Waals surface area contributed by atoms with Crippen molar-refractivity contribution in [1.29, 1.82) is 0 Å². The van der Waals surface area contributed by atoms with Gasteiger partial charge < -0.3 is 20.1 Å². The van der Waals surface area contributed by atoms with Crippen molar-refractivity contribution in [2.75, 3.05) is 30.3 Å². The topological polar surface area (TPSA) is 98.0 Å². The quantitative estimate of drug-likeness (QED) is 0.781. The van der Waals surface area contributed by atoms with Gasteiger partial charge in [-0.2, -0.15) is 0 Å². The van der Waals surface area contributed by atoms with Gasteiger partial charge in [0, 0.05) is 6.54 Å². The minimum atomic E-state index is -0.574. The lowest BCUT2D eigenvalue weighted by Crippen LogP contribution is -2.42. The van der Waals surface area contributed by atoms with Gasteiger partial charge in [0.15, 0.2) is 0 Å². The van der Waals surface area contributed by atoms with Gasteiger partial charge in [-0.1, -0.05) is 27.2 Å². The lowest BCUT2D eigenvalue weighted by Gasteiger charge is -2.28. The van der Waals surface area contributed by atoms with Crippen molar-refractivity contribution in [2.45, 2.75) is 66.1 Å². The fraction of sp³-hybridized carbons (Fsp3) is 0.650. The van der Waals surface area contributed by atoms with Gasteiger partial charge in [-0.05, 0) is 39.3 Å². The van der Waals surface area contributed by atoms with E-state index in [2.05, 4.69) is 11.9 Å². The maximum atomic E-state index is 12.4. The van der Waals surface area contributed by atoms with Gasteiger partial charge in [0.25, 0.3) is 0 Å². The van der Waals surface area contributed by atoms with E-state index in [9.17, 15) is 9.59 Å². The fourth-order valence-electron chi connectivity index (χ4n) is 2.56. The number of ether oxygens (including phenoxy) is 2. The van der Waals surface area contributed by atoms with Crippen LogP contribution in [0.15, 0.2) is 18.3 Å². The minimum absolute atomic E-state index is 0.291. The normalized spacial score (nSPS) is 16.1. The molecule has 1 saturated heterocycles. The Morgan fingerprint density at radius 1 is 1.39 bits per heavy atom. The largest absolute Gasteiger partial charge is 0.444 e. The zero-order valence-corrected chi connectivity index (χ0v) is 17.9. The summed E-state index contributed by atoms with van der Waals surface area (Å²) in [4.78, 5) is 31.7. The van der Waals surface area contributed by atoms with Crippen LogP contribution in [-0.4, -0.2) is 53.4 Å². The molecule has 2 amide bonds. The van der Waals surface area contributed by atoms with Crippen LogP contribution in [0.3, 0.4) is 0 Å². The molecule has 0 bridgehead atoms. The number of hydrogen-bond acceptors (Lipinski definition) is 6. The number of aromatic nitrogens is 1. The third-order valence-electron chi connectivity index (χ3n) is 3.81. The molecular weight excluding hydrogens is 360 g/mol. The number of carbonyl (C=O) groups excluding carboxylic acids is 2.